The first kappa shape index (κ1) is 11.8. The van der Waals surface area contributed by atoms with E-state index in [0.29, 0.717) is 25.9 Å². The molecule has 0 aliphatic carbocycles. The van der Waals surface area contributed by atoms with Crippen LogP contribution in [0.4, 0.5) is 0 Å². The summed E-state index contributed by atoms with van der Waals surface area (Å²) < 4.78 is 22.7. The van der Waals surface area contributed by atoms with E-state index in [2.05, 4.69) is 5.16 Å². The summed E-state index contributed by atoms with van der Waals surface area (Å²) in [6, 6.07) is -0.287. The Labute approximate surface area is 94.5 Å². The highest BCUT2D eigenvalue weighted by Crippen LogP contribution is 2.21. The van der Waals surface area contributed by atoms with Crippen LogP contribution in [0.25, 0.3) is 0 Å². The van der Waals surface area contributed by atoms with Gasteiger partial charge in [0.1, 0.15) is 0 Å². The second-order valence-electron chi connectivity index (χ2n) is 4.41. The van der Waals surface area contributed by atoms with E-state index in [9.17, 15) is 13.5 Å². The van der Waals surface area contributed by atoms with Gasteiger partial charge in [-0.2, -0.15) is 0 Å². The van der Waals surface area contributed by atoms with E-state index in [1.165, 1.54) is 0 Å². The summed E-state index contributed by atoms with van der Waals surface area (Å²) in [5.41, 5.74) is 0.742. The lowest BCUT2D eigenvalue weighted by molar-refractivity contribution is 0.0821. The molecule has 92 valence electrons. The number of likely N-dealkylation sites (tertiary alicyclic amines) is 1. The van der Waals surface area contributed by atoms with Crippen LogP contribution in [0.2, 0.25) is 0 Å². The third-order valence-corrected chi connectivity index (χ3v) is 4.98. The molecule has 2 fully saturated rings. The monoisotopic (exact) mass is 248 g/mol. The number of piperidine rings is 1. The van der Waals surface area contributed by atoms with E-state index < -0.39 is 15.9 Å². The maximum absolute atomic E-state index is 11.4. The van der Waals surface area contributed by atoms with Crippen molar-refractivity contribution in [1.82, 2.24) is 4.90 Å². The average molecular weight is 248 g/mol. The number of aliphatic hydroxyl groups excluding tert-OH is 1. The molecule has 7 heteroatoms. The second kappa shape index (κ2) is 4.31. The number of sulfone groups is 1. The molecule has 0 saturated carbocycles. The zero-order valence-corrected chi connectivity index (χ0v) is 9.73. The number of hydrogen-bond donors (Lipinski definition) is 2. The molecule has 0 amide bonds. The molecule has 0 aromatic heterocycles. The van der Waals surface area contributed by atoms with E-state index in [1.54, 1.807) is 0 Å². The van der Waals surface area contributed by atoms with Crippen molar-refractivity contribution in [2.75, 3.05) is 24.6 Å². The lowest BCUT2D eigenvalue weighted by Crippen LogP contribution is -2.47. The van der Waals surface area contributed by atoms with Crippen LogP contribution in [0, 0.1) is 0 Å². The highest BCUT2D eigenvalue weighted by Gasteiger charge is 2.40. The third kappa shape index (κ3) is 2.36. The molecule has 2 heterocycles. The Morgan fingerprint density at radius 3 is 2.31 bits per heavy atom. The first-order valence-electron chi connectivity index (χ1n) is 5.34. The number of aliphatic hydroxyl groups is 1. The predicted molar refractivity (Wildman–Crippen MR) is 58.5 cm³/mol. The van der Waals surface area contributed by atoms with Crippen LogP contribution in [-0.4, -0.2) is 66.1 Å². The minimum absolute atomic E-state index is 0.0414. The Hall–Kier alpha value is -0.660. The first-order chi connectivity index (χ1) is 7.52. The SMILES string of the molecule is O=S1(=O)CC(O)C(N2CCC(=NO)CC2)C1. The summed E-state index contributed by atoms with van der Waals surface area (Å²) in [4.78, 5) is 1.98. The van der Waals surface area contributed by atoms with Crippen LogP contribution in [-0.2, 0) is 9.84 Å². The van der Waals surface area contributed by atoms with Gasteiger partial charge in [0, 0.05) is 25.9 Å². The Morgan fingerprint density at radius 1 is 1.25 bits per heavy atom. The van der Waals surface area contributed by atoms with Crippen LogP contribution < -0.4 is 0 Å². The van der Waals surface area contributed by atoms with Crippen molar-refractivity contribution in [2.45, 2.75) is 25.0 Å². The minimum atomic E-state index is -3.08. The summed E-state index contributed by atoms with van der Waals surface area (Å²) in [7, 11) is -3.08. The molecule has 0 aromatic rings. The molecule has 2 aliphatic heterocycles. The highest BCUT2D eigenvalue weighted by atomic mass is 32.2. The van der Waals surface area contributed by atoms with Crippen molar-refractivity contribution in [3.63, 3.8) is 0 Å². The predicted octanol–water partition coefficient (Wildman–Crippen LogP) is -0.930. The molecule has 0 bridgehead atoms. The van der Waals surface area contributed by atoms with Crippen molar-refractivity contribution in [1.29, 1.82) is 0 Å². The smallest absolute Gasteiger partial charge is 0.154 e. The van der Waals surface area contributed by atoms with Gasteiger partial charge in [-0.25, -0.2) is 8.42 Å². The summed E-state index contributed by atoms with van der Waals surface area (Å²) in [6.07, 6.45) is 0.497. The number of nitrogens with zero attached hydrogens (tertiary/aromatic N) is 2. The first-order valence-corrected chi connectivity index (χ1v) is 7.16. The molecule has 16 heavy (non-hydrogen) atoms. The largest absolute Gasteiger partial charge is 0.411 e. The number of hydrogen-bond acceptors (Lipinski definition) is 6. The molecule has 2 aliphatic rings. The Bertz CT molecular complexity index is 382. The van der Waals surface area contributed by atoms with Crippen molar-refractivity contribution in [3.8, 4) is 0 Å². The Balaban J connectivity index is 2.00. The van der Waals surface area contributed by atoms with Gasteiger partial charge in [-0.1, -0.05) is 5.16 Å². The lowest BCUT2D eigenvalue weighted by Gasteiger charge is -2.33. The standard InChI is InChI=1S/C9H16N2O4S/c12-9-6-16(14,15)5-8(9)11-3-1-7(10-13)2-4-11/h8-9,12-13H,1-6H2. The van der Waals surface area contributed by atoms with Gasteiger partial charge in [-0.3, -0.25) is 4.90 Å². The van der Waals surface area contributed by atoms with Gasteiger partial charge in [0.25, 0.3) is 0 Å². The van der Waals surface area contributed by atoms with Crippen molar-refractivity contribution < 1.29 is 18.7 Å². The van der Waals surface area contributed by atoms with Crippen LogP contribution >= 0.6 is 0 Å². The maximum atomic E-state index is 11.4. The van der Waals surface area contributed by atoms with Crippen LogP contribution in [0.5, 0.6) is 0 Å². The van der Waals surface area contributed by atoms with E-state index >= 15 is 0 Å². The van der Waals surface area contributed by atoms with E-state index in [0.717, 1.165) is 5.71 Å². The van der Waals surface area contributed by atoms with E-state index in [-0.39, 0.29) is 17.5 Å². The topological polar surface area (TPSA) is 90.2 Å². The molecule has 0 spiro atoms. The van der Waals surface area contributed by atoms with E-state index in [1.807, 2.05) is 4.90 Å². The fourth-order valence-corrected chi connectivity index (χ4v) is 4.20. The average Bonchev–Trinajstić information content (AvgIpc) is 2.52. The van der Waals surface area contributed by atoms with E-state index in [4.69, 9.17) is 5.21 Å². The molecular formula is C9H16N2O4S. The number of rotatable bonds is 1. The number of oxime groups is 1. The van der Waals surface area contributed by atoms with Crippen molar-refractivity contribution >= 4 is 15.5 Å². The second-order valence-corrected chi connectivity index (χ2v) is 6.57. The van der Waals surface area contributed by atoms with Crippen LogP contribution in [0.15, 0.2) is 5.16 Å². The summed E-state index contributed by atoms with van der Waals surface area (Å²) >= 11 is 0. The van der Waals surface area contributed by atoms with Crippen LogP contribution in [0.1, 0.15) is 12.8 Å². The molecule has 2 N–H and O–H groups in total. The maximum Gasteiger partial charge on any atom is 0.154 e. The molecule has 0 radical (unpaired) electrons. The molecule has 2 unspecified atom stereocenters. The lowest BCUT2D eigenvalue weighted by atomic mass is 10.1. The summed E-state index contributed by atoms with van der Waals surface area (Å²) in [6.45, 7) is 1.30. The minimum Gasteiger partial charge on any atom is -0.411 e. The zero-order valence-electron chi connectivity index (χ0n) is 8.91. The normalized spacial score (nSPS) is 35.2. The van der Waals surface area contributed by atoms with Gasteiger partial charge in [-0.15, -0.1) is 0 Å². The third-order valence-electron chi connectivity index (χ3n) is 3.28. The highest BCUT2D eigenvalue weighted by molar-refractivity contribution is 7.91. The molecule has 0 aromatic carbocycles. The van der Waals surface area contributed by atoms with Gasteiger partial charge in [0.05, 0.1) is 29.4 Å². The summed E-state index contributed by atoms with van der Waals surface area (Å²) in [5.74, 6) is -0.0884. The Kier molecular flexibility index (Phi) is 3.18. The van der Waals surface area contributed by atoms with Gasteiger partial charge in [-0.05, 0) is 0 Å². The quantitative estimate of drug-likeness (QED) is 0.462. The molecule has 2 rings (SSSR count). The fraction of sp³-hybridized carbons (Fsp3) is 0.889. The van der Waals surface area contributed by atoms with Crippen LogP contribution in [0.3, 0.4) is 0 Å². The van der Waals surface area contributed by atoms with Gasteiger partial charge < -0.3 is 10.3 Å². The summed E-state index contributed by atoms with van der Waals surface area (Å²) in [5, 5.41) is 21.5. The fourth-order valence-electron chi connectivity index (χ4n) is 2.37. The van der Waals surface area contributed by atoms with Gasteiger partial charge >= 0.3 is 0 Å². The van der Waals surface area contributed by atoms with Crippen molar-refractivity contribution in [3.05, 3.63) is 0 Å². The van der Waals surface area contributed by atoms with Gasteiger partial charge in [0.2, 0.25) is 0 Å². The molecule has 2 saturated heterocycles. The zero-order chi connectivity index (χ0) is 11.8. The van der Waals surface area contributed by atoms with Gasteiger partial charge in [0.15, 0.2) is 9.84 Å². The molecule has 2 atom stereocenters. The molecular weight excluding hydrogens is 232 g/mol. The molecule has 6 nitrogen and oxygen atoms in total. The Morgan fingerprint density at radius 2 is 1.88 bits per heavy atom. The van der Waals surface area contributed by atoms with Crippen molar-refractivity contribution in [2.24, 2.45) is 5.16 Å².